The molecule has 6 nitrogen and oxygen atoms in total. The molecule has 0 unspecified atom stereocenters. The Balaban J connectivity index is 2.99. The molecule has 1 aromatic rings. The van der Waals surface area contributed by atoms with Gasteiger partial charge in [-0.25, -0.2) is 4.98 Å². The lowest BCUT2D eigenvalue weighted by Gasteiger charge is -2.16. The third kappa shape index (κ3) is 4.42. The molecule has 7 heteroatoms. The lowest BCUT2D eigenvalue weighted by atomic mass is 10.2. The Morgan fingerprint density at radius 1 is 1.40 bits per heavy atom. The van der Waals surface area contributed by atoms with E-state index in [2.05, 4.69) is 10.3 Å². The van der Waals surface area contributed by atoms with Gasteiger partial charge in [0.1, 0.15) is 24.1 Å². The normalized spacial score (nSPS) is 9.40. The number of nitrogens with zero attached hydrogens (tertiary/aromatic N) is 4. The molecule has 1 aromatic heterocycles. The van der Waals surface area contributed by atoms with Gasteiger partial charge in [0.2, 0.25) is 0 Å². The number of pyridine rings is 1. The van der Waals surface area contributed by atoms with Crippen LogP contribution in [0.2, 0.25) is 5.15 Å². The van der Waals surface area contributed by atoms with E-state index in [1.54, 1.807) is 6.07 Å². The summed E-state index contributed by atoms with van der Waals surface area (Å²) >= 11 is 5.88. The monoisotopic (exact) mass is 291 g/mol. The fourth-order valence-electron chi connectivity index (χ4n) is 1.52. The number of hydrogen-bond donors (Lipinski definition) is 1. The van der Waals surface area contributed by atoms with E-state index in [9.17, 15) is 4.79 Å². The van der Waals surface area contributed by atoms with Gasteiger partial charge in [-0.2, -0.15) is 10.5 Å². The number of rotatable bonds is 6. The van der Waals surface area contributed by atoms with Crippen LogP contribution in [0.15, 0.2) is 12.1 Å². The number of carbonyl (C=O) groups is 1. The van der Waals surface area contributed by atoms with Crippen LogP contribution in [-0.4, -0.2) is 35.4 Å². The van der Waals surface area contributed by atoms with Crippen LogP contribution >= 0.6 is 11.6 Å². The number of nitriles is 2. The molecule has 1 N–H and O–H groups in total. The Hall–Kier alpha value is -2.31. The van der Waals surface area contributed by atoms with Gasteiger partial charge in [-0.3, -0.25) is 4.79 Å². The number of carbonyl (C=O) groups excluding carboxylic acids is 1. The van der Waals surface area contributed by atoms with Crippen molar-refractivity contribution >= 4 is 23.3 Å². The van der Waals surface area contributed by atoms with Crippen LogP contribution in [-0.2, 0) is 0 Å². The van der Waals surface area contributed by atoms with Crippen LogP contribution in [0, 0.1) is 22.7 Å². The Labute approximate surface area is 122 Å². The van der Waals surface area contributed by atoms with Crippen molar-refractivity contribution in [3.8, 4) is 12.1 Å². The average Bonchev–Trinajstić information content (AvgIpc) is 2.43. The van der Waals surface area contributed by atoms with Crippen molar-refractivity contribution in [3.05, 3.63) is 22.8 Å². The average molecular weight is 292 g/mol. The molecule has 0 saturated heterocycles. The van der Waals surface area contributed by atoms with Gasteiger partial charge < -0.3 is 10.2 Å². The quantitative estimate of drug-likeness (QED) is 0.639. The van der Waals surface area contributed by atoms with E-state index in [0.717, 1.165) is 11.3 Å². The van der Waals surface area contributed by atoms with Crippen molar-refractivity contribution in [2.24, 2.45) is 0 Å². The molecular formula is C13H14ClN5O. The molecule has 0 atom stereocenters. The number of hydrogen-bond acceptors (Lipinski definition) is 5. The first-order chi connectivity index (χ1) is 9.62. The summed E-state index contributed by atoms with van der Waals surface area (Å²) in [5, 5.41) is 20.6. The molecule has 1 rings (SSSR count). The number of amides is 1. The predicted molar refractivity (Wildman–Crippen MR) is 75.2 cm³/mol. The highest BCUT2D eigenvalue weighted by molar-refractivity contribution is 6.29. The Bertz CT molecular complexity index is 545. The molecular weight excluding hydrogens is 278 g/mol. The zero-order valence-electron chi connectivity index (χ0n) is 11.1. The van der Waals surface area contributed by atoms with Gasteiger partial charge >= 0.3 is 0 Å². The smallest absolute Gasteiger partial charge is 0.255 e. The first kappa shape index (κ1) is 15.7. The highest BCUT2D eigenvalue weighted by Gasteiger charge is 2.16. The van der Waals surface area contributed by atoms with Crippen molar-refractivity contribution in [2.45, 2.75) is 13.3 Å². The molecule has 0 bridgehead atoms. The highest BCUT2D eigenvalue weighted by Crippen LogP contribution is 2.16. The Kier molecular flexibility index (Phi) is 6.28. The van der Waals surface area contributed by atoms with Gasteiger partial charge in [0.25, 0.3) is 5.91 Å². The summed E-state index contributed by atoms with van der Waals surface area (Å²) in [4.78, 5) is 17.4. The van der Waals surface area contributed by atoms with Crippen molar-refractivity contribution in [2.75, 3.05) is 25.0 Å². The molecule has 1 amide bonds. The Morgan fingerprint density at radius 3 is 2.60 bits per heavy atom. The van der Waals surface area contributed by atoms with E-state index in [1.165, 1.54) is 6.07 Å². The fourth-order valence-corrected chi connectivity index (χ4v) is 1.73. The van der Waals surface area contributed by atoms with Crippen molar-refractivity contribution in [1.29, 1.82) is 10.5 Å². The third-order valence-electron chi connectivity index (χ3n) is 2.41. The van der Waals surface area contributed by atoms with Crippen LogP contribution < -0.4 is 5.32 Å². The van der Waals surface area contributed by atoms with E-state index in [-0.39, 0.29) is 18.2 Å². The van der Waals surface area contributed by atoms with E-state index < -0.39 is 5.91 Å². The lowest BCUT2D eigenvalue weighted by molar-refractivity contribution is 0.0794. The third-order valence-corrected chi connectivity index (χ3v) is 2.60. The maximum atomic E-state index is 12.2. The zero-order valence-corrected chi connectivity index (χ0v) is 11.8. The second-order valence-corrected chi connectivity index (χ2v) is 4.36. The summed E-state index contributed by atoms with van der Waals surface area (Å²) in [6.07, 6.45) is 0.909. The summed E-state index contributed by atoms with van der Waals surface area (Å²) in [6, 6.07) is 6.69. The van der Waals surface area contributed by atoms with Crippen molar-refractivity contribution in [3.63, 3.8) is 0 Å². The van der Waals surface area contributed by atoms with Crippen LogP contribution in [0.25, 0.3) is 0 Å². The molecule has 0 aromatic carbocycles. The molecule has 0 spiro atoms. The fraction of sp³-hybridized carbons (Fsp3) is 0.385. The summed E-state index contributed by atoms with van der Waals surface area (Å²) in [7, 11) is 0. The van der Waals surface area contributed by atoms with Crippen LogP contribution in [0.4, 0.5) is 5.82 Å². The molecule has 104 valence electrons. The maximum absolute atomic E-state index is 12.2. The Morgan fingerprint density at radius 2 is 2.05 bits per heavy atom. The standard InChI is InChI=1S/C13H14ClN5O/c1-2-5-17-12-9-10(8-11(14)18-12)13(20)19(6-3-15)7-4-16/h8-9H,2,5-7H2,1H3,(H,17,18). The van der Waals surface area contributed by atoms with Crippen LogP contribution in [0.3, 0.4) is 0 Å². The van der Waals surface area contributed by atoms with Gasteiger partial charge in [0.05, 0.1) is 12.1 Å². The van der Waals surface area contributed by atoms with E-state index >= 15 is 0 Å². The molecule has 0 fully saturated rings. The first-order valence-corrected chi connectivity index (χ1v) is 6.44. The number of halogens is 1. The summed E-state index contributed by atoms with van der Waals surface area (Å²) in [5.74, 6) is 0.0773. The highest BCUT2D eigenvalue weighted by atomic mass is 35.5. The first-order valence-electron chi connectivity index (χ1n) is 6.07. The number of aromatic nitrogens is 1. The maximum Gasteiger partial charge on any atom is 0.255 e. The number of anilines is 1. The minimum atomic E-state index is -0.419. The topological polar surface area (TPSA) is 92.8 Å². The lowest BCUT2D eigenvalue weighted by Crippen LogP contribution is -2.31. The predicted octanol–water partition coefficient (Wildman–Crippen LogP) is 2.05. The van der Waals surface area contributed by atoms with Crippen LogP contribution in [0.1, 0.15) is 23.7 Å². The SMILES string of the molecule is CCCNc1cc(C(=O)N(CC#N)CC#N)cc(Cl)n1. The summed E-state index contributed by atoms with van der Waals surface area (Å²) in [6.45, 7) is 2.42. The van der Waals surface area contributed by atoms with E-state index in [4.69, 9.17) is 22.1 Å². The minimum Gasteiger partial charge on any atom is -0.370 e. The number of nitrogens with one attached hydrogen (secondary N) is 1. The molecule has 0 saturated carbocycles. The minimum absolute atomic E-state index is 0.149. The zero-order chi connectivity index (χ0) is 15.0. The van der Waals surface area contributed by atoms with Gasteiger partial charge in [0.15, 0.2) is 0 Å². The van der Waals surface area contributed by atoms with Gasteiger partial charge in [-0.15, -0.1) is 0 Å². The van der Waals surface area contributed by atoms with E-state index in [1.807, 2.05) is 19.1 Å². The summed E-state index contributed by atoms with van der Waals surface area (Å²) < 4.78 is 0. The van der Waals surface area contributed by atoms with Crippen LogP contribution in [0.5, 0.6) is 0 Å². The van der Waals surface area contributed by atoms with Crippen molar-refractivity contribution < 1.29 is 4.79 Å². The van der Waals surface area contributed by atoms with Gasteiger partial charge in [-0.05, 0) is 18.6 Å². The van der Waals surface area contributed by atoms with Gasteiger partial charge in [-0.1, -0.05) is 18.5 Å². The largest absolute Gasteiger partial charge is 0.370 e. The second-order valence-electron chi connectivity index (χ2n) is 3.97. The molecule has 20 heavy (non-hydrogen) atoms. The van der Waals surface area contributed by atoms with E-state index in [0.29, 0.717) is 17.9 Å². The molecule has 0 radical (unpaired) electrons. The summed E-state index contributed by atoms with van der Waals surface area (Å²) in [5.41, 5.74) is 0.300. The van der Waals surface area contributed by atoms with Crippen molar-refractivity contribution in [1.82, 2.24) is 9.88 Å². The molecule has 0 aliphatic carbocycles. The molecule has 0 aliphatic rings. The van der Waals surface area contributed by atoms with Gasteiger partial charge in [0, 0.05) is 12.1 Å². The second kappa shape index (κ2) is 7.98. The molecule has 0 aliphatic heterocycles. The molecule has 1 heterocycles.